The van der Waals surface area contributed by atoms with Crippen LogP contribution in [-0.2, 0) is 17.8 Å². The van der Waals surface area contributed by atoms with Gasteiger partial charge in [0, 0.05) is 38.3 Å². The first-order valence-corrected chi connectivity index (χ1v) is 11.0. The van der Waals surface area contributed by atoms with E-state index in [0.29, 0.717) is 6.54 Å². The average Bonchev–Trinajstić information content (AvgIpc) is 3.33. The van der Waals surface area contributed by atoms with Crippen molar-refractivity contribution >= 4 is 22.6 Å². The number of ether oxygens (including phenoxy) is 1. The van der Waals surface area contributed by atoms with Crippen molar-refractivity contribution in [2.24, 2.45) is 0 Å². The van der Waals surface area contributed by atoms with Crippen LogP contribution in [-0.4, -0.2) is 71.6 Å². The second kappa shape index (κ2) is 8.32. The van der Waals surface area contributed by atoms with Crippen LogP contribution >= 0.6 is 0 Å². The summed E-state index contributed by atoms with van der Waals surface area (Å²) in [6, 6.07) is 14.4. The van der Waals surface area contributed by atoms with Gasteiger partial charge in [-0.3, -0.25) is 14.6 Å². The number of fused-ring (bicyclic) bond motifs is 2. The van der Waals surface area contributed by atoms with Crippen molar-refractivity contribution in [1.29, 1.82) is 0 Å². The van der Waals surface area contributed by atoms with Gasteiger partial charge in [0.1, 0.15) is 11.6 Å². The number of anilines is 1. The van der Waals surface area contributed by atoms with E-state index in [0.717, 1.165) is 67.4 Å². The number of aromatic amines is 1. The molecule has 3 aromatic rings. The lowest BCUT2D eigenvalue weighted by molar-refractivity contribution is -0.120. The Hall–Kier alpha value is -2.90. The van der Waals surface area contributed by atoms with Gasteiger partial charge in [-0.2, -0.15) is 0 Å². The third-order valence-electron chi connectivity index (χ3n) is 6.41. The minimum absolute atomic E-state index is 0.172. The highest BCUT2D eigenvalue weighted by Crippen LogP contribution is 2.35. The molecule has 1 unspecified atom stereocenters. The standard InChI is InChI=1S/C24H29N5O2/c1-17-13-18-7-8-19(31-2)14-22(18)29(17)24(30)16-28-11-9-27(10-12-28)15-23-25-20-5-3-4-6-21(20)26-23/h3-8,14,17H,9-13,15-16H2,1-2H3,(H,25,26). The summed E-state index contributed by atoms with van der Waals surface area (Å²) in [5.41, 5.74) is 4.31. The molecule has 2 aliphatic heterocycles. The molecular weight excluding hydrogens is 390 g/mol. The predicted octanol–water partition coefficient (Wildman–Crippen LogP) is 2.67. The summed E-state index contributed by atoms with van der Waals surface area (Å²) in [5.74, 6) is 1.97. The van der Waals surface area contributed by atoms with Crippen LogP contribution in [0, 0.1) is 0 Å². The predicted molar refractivity (Wildman–Crippen MR) is 121 cm³/mol. The van der Waals surface area contributed by atoms with Gasteiger partial charge in [-0.15, -0.1) is 0 Å². The van der Waals surface area contributed by atoms with Gasteiger partial charge in [0.25, 0.3) is 0 Å². The van der Waals surface area contributed by atoms with Crippen LogP contribution < -0.4 is 9.64 Å². The highest BCUT2D eigenvalue weighted by molar-refractivity contribution is 5.97. The van der Waals surface area contributed by atoms with Crippen molar-refractivity contribution < 1.29 is 9.53 Å². The molecule has 1 aromatic heterocycles. The molecule has 1 saturated heterocycles. The summed E-state index contributed by atoms with van der Waals surface area (Å²) in [5, 5.41) is 0. The maximum absolute atomic E-state index is 13.2. The Morgan fingerprint density at radius 3 is 2.68 bits per heavy atom. The Morgan fingerprint density at radius 1 is 1.13 bits per heavy atom. The second-order valence-electron chi connectivity index (χ2n) is 8.56. The van der Waals surface area contributed by atoms with Crippen LogP contribution in [0.4, 0.5) is 5.69 Å². The Kier molecular flexibility index (Phi) is 5.38. The first-order valence-electron chi connectivity index (χ1n) is 11.0. The van der Waals surface area contributed by atoms with E-state index in [-0.39, 0.29) is 11.9 Å². The molecule has 1 N–H and O–H groups in total. The molecule has 162 valence electrons. The van der Waals surface area contributed by atoms with E-state index in [2.05, 4.69) is 38.8 Å². The Bertz CT molecular complexity index is 1050. The van der Waals surface area contributed by atoms with Crippen LogP contribution in [0.2, 0.25) is 0 Å². The summed E-state index contributed by atoms with van der Waals surface area (Å²) in [6.07, 6.45) is 0.899. The number of carbonyl (C=O) groups excluding carboxylic acids is 1. The van der Waals surface area contributed by atoms with Gasteiger partial charge in [0.05, 0.1) is 36.9 Å². The number of rotatable bonds is 5. The number of nitrogens with zero attached hydrogens (tertiary/aromatic N) is 4. The lowest BCUT2D eigenvalue weighted by Crippen LogP contribution is -2.50. The van der Waals surface area contributed by atoms with Gasteiger partial charge in [0.2, 0.25) is 5.91 Å². The van der Waals surface area contributed by atoms with Crippen molar-refractivity contribution in [2.75, 3.05) is 44.7 Å². The molecule has 2 aromatic carbocycles. The fraction of sp³-hybridized carbons (Fsp3) is 0.417. The molecule has 7 heteroatoms. The number of imidazole rings is 1. The summed E-state index contributed by atoms with van der Waals surface area (Å²) in [6.45, 7) is 7.04. The van der Waals surface area contributed by atoms with Crippen molar-refractivity contribution in [2.45, 2.75) is 25.9 Å². The summed E-state index contributed by atoms with van der Waals surface area (Å²) >= 11 is 0. The van der Waals surface area contributed by atoms with Crippen molar-refractivity contribution in [3.63, 3.8) is 0 Å². The van der Waals surface area contributed by atoms with Crippen molar-refractivity contribution in [3.8, 4) is 5.75 Å². The van der Waals surface area contributed by atoms with E-state index in [9.17, 15) is 4.79 Å². The number of nitrogens with one attached hydrogen (secondary N) is 1. The Labute approximate surface area is 182 Å². The lowest BCUT2D eigenvalue weighted by Gasteiger charge is -2.35. The molecule has 0 bridgehead atoms. The van der Waals surface area contributed by atoms with Crippen molar-refractivity contribution in [3.05, 3.63) is 53.9 Å². The zero-order valence-electron chi connectivity index (χ0n) is 18.2. The first-order chi connectivity index (χ1) is 15.1. The second-order valence-corrected chi connectivity index (χ2v) is 8.56. The van der Waals surface area contributed by atoms with E-state index >= 15 is 0 Å². The number of benzene rings is 2. The minimum Gasteiger partial charge on any atom is -0.497 e. The number of carbonyl (C=O) groups is 1. The zero-order valence-corrected chi connectivity index (χ0v) is 18.2. The van der Waals surface area contributed by atoms with Gasteiger partial charge < -0.3 is 14.6 Å². The molecule has 1 atom stereocenters. The number of amides is 1. The number of methoxy groups -OCH3 is 1. The van der Waals surface area contributed by atoms with E-state index in [1.807, 2.05) is 35.2 Å². The molecule has 0 aliphatic carbocycles. The average molecular weight is 420 g/mol. The zero-order chi connectivity index (χ0) is 21.4. The Morgan fingerprint density at radius 2 is 1.90 bits per heavy atom. The van der Waals surface area contributed by atoms with Gasteiger partial charge in [-0.05, 0) is 37.1 Å². The lowest BCUT2D eigenvalue weighted by atomic mass is 10.1. The van der Waals surface area contributed by atoms with Crippen LogP contribution in [0.15, 0.2) is 42.5 Å². The van der Waals surface area contributed by atoms with Crippen LogP contribution in [0.3, 0.4) is 0 Å². The number of piperazine rings is 1. The minimum atomic E-state index is 0.172. The SMILES string of the molecule is COc1ccc2c(c1)N(C(=O)CN1CCN(Cc3nc4ccccc4[nH]3)CC1)C(C)C2. The third-order valence-corrected chi connectivity index (χ3v) is 6.41. The molecule has 0 spiro atoms. The molecule has 31 heavy (non-hydrogen) atoms. The molecule has 1 fully saturated rings. The van der Waals surface area contributed by atoms with E-state index in [1.165, 1.54) is 5.56 Å². The number of hydrogen-bond acceptors (Lipinski definition) is 5. The monoisotopic (exact) mass is 419 g/mol. The first kappa shape index (κ1) is 20.0. The van der Waals surface area contributed by atoms with Crippen molar-refractivity contribution in [1.82, 2.24) is 19.8 Å². The van der Waals surface area contributed by atoms with E-state index < -0.39 is 0 Å². The highest BCUT2D eigenvalue weighted by atomic mass is 16.5. The fourth-order valence-electron chi connectivity index (χ4n) is 4.76. The number of hydrogen-bond donors (Lipinski definition) is 1. The summed E-state index contributed by atoms with van der Waals surface area (Å²) in [7, 11) is 1.66. The maximum atomic E-state index is 13.2. The Balaban J connectivity index is 1.18. The molecule has 0 saturated carbocycles. The molecule has 2 aliphatic rings. The van der Waals surface area contributed by atoms with Gasteiger partial charge >= 0.3 is 0 Å². The maximum Gasteiger partial charge on any atom is 0.241 e. The van der Waals surface area contributed by atoms with Gasteiger partial charge in [-0.1, -0.05) is 18.2 Å². The fourth-order valence-corrected chi connectivity index (χ4v) is 4.76. The largest absolute Gasteiger partial charge is 0.497 e. The summed E-state index contributed by atoms with van der Waals surface area (Å²) in [4.78, 5) is 27.9. The normalized spacial score (nSPS) is 19.7. The topological polar surface area (TPSA) is 64.7 Å². The quantitative estimate of drug-likeness (QED) is 0.689. The van der Waals surface area contributed by atoms with Crippen LogP contribution in [0.25, 0.3) is 11.0 Å². The van der Waals surface area contributed by atoms with E-state index in [4.69, 9.17) is 4.74 Å². The van der Waals surface area contributed by atoms with Crippen LogP contribution in [0.1, 0.15) is 18.3 Å². The number of para-hydroxylation sites is 2. The highest BCUT2D eigenvalue weighted by Gasteiger charge is 2.32. The third kappa shape index (κ3) is 4.03. The molecule has 3 heterocycles. The van der Waals surface area contributed by atoms with Gasteiger partial charge in [-0.25, -0.2) is 4.98 Å². The molecule has 5 rings (SSSR count). The molecule has 7 nitrogen and oxygen atoms in total. The van der Waals surface area contributed by atoms with Crippen LogP contribution in [0.5, 0.6) is 5.75 Å². The summed E-state index contributed by atoms with van der Waals surface area (Å²) < 4.78 is 5.37. The molecular formula is C24H29N5O2. The molecule has 1 amide bonds. The number of H-pyrrole nitrogens is 1. The smallest absolute Gasteiger partial charge is 0.241 e. The molecule has 0 radical (unpaired) electrons. The van der Waals surface area contributed by atoms with Gasteiger partial charge in [0.15, 0.2) is 0 Å². The van der Waals surface area contributed by atoms with E-state index in [1.54, 1.807) is 7.11 Å². The number of aromatic nitrogens is 2.